The fraction of sp³-hybridized carbons (Fsp3) is 0.214. The third-order valence-corrected chi connectivity index (χ3v) is 5.16. The number of pyridine rings is 1. The number of hydrogen-bond acceptors (Lipinski definition) is 3. The molecule has 34 heavy (non-hydrogen) atoms. The second-order valence-electron chi connectivity index (χ2n) is 8.18. The van der Waals surface area contributed by atoms with Crippen molar-refractivity contribution in [3.05, 3.63) is 89.8 Å². The quantitative estimate of drug-likeness (QED) is 0.140. The minimum absolute atomic E-state index is 0. The first-order chi connectivity index (χ1) is 15.7. The van der Waals surface area contributed by atoms with Crippen LogP contribution in [0.1, 0.15) is 51.2 Å². The van der Waals surface area contributed by atoms with Gasteiger partial charge in [0.2, 0.25) is 0 Å². The maximum Gasteiger partial charge on any atom is 0.251 e. The van der Waals surface area contributed by atoms with Crippen molar-refractivity contribution in [2.24, 2.45) is 0 Å². The zero-order chi connectivity index (χ0) is 24.1. The SMILES string of the molecule is CC(=O)/C=C(/C)O.CC(C)c1ccc2c(-c3[c-]c4ccccc4c(C(F)F)c3)nccc2c1.[Ir]. The molecule has 1 radical (unpaired) electrons. The molecule has 0 saturated heterocycles. The molecule has 0 bridgehead atoms. The van der Waals surface area contributed by atoms with Crippen molar-refractivity contribution < 1.29 is 38.8 Å². The number of benzene rings is 3. The average molecular weight is 639 g/mol. The predicted molar refractivity (Wildman–Crippen MR) is 130 cm³/mol. The van der Waals surface area contributed by atoms with Crippen LogP contribution in [0, 0.1) is 6.07 Å². The molecule has 0 amide bonds. The van der Waals surface area contributed by atoms with E-state index in [9.17, 15) is 13.6 Å². The van der Waals surface area contributed by atoms with E-state index < -0.39 is 6.43 Å². The minimum atomic E-state index is -2.55. The van der Waals surface area contributed by atoms with Gasteiger partial charge in [-0.05, 0) is 47.7 Å². The van der Waals surface area contributed by atoms with Crippen LogP contribution < -0.4 is 0 Å². The molecule has 179 valence electrons. The Morgan fingerprint density at radius 2 is 1.74 bits per heavy atom. The Morgan fingerprint density at radius 3 is 2.32 bits per heavy atom. The van der Waals surface area contributed by atoms with Crippen LogP contribution in [-0.2, 0) is 24.9 Å². The largest absolute Gasteiger partial charge is 0.512 e. The van der Waals surface area contributed by atoms with Gasteiger partial charge in [0.05, 0.1) is 5.76 Å². The van der Waals surface area contributed by atoms with Crippen LogP contribution in [0.25, 0.3) is 32.8 Å². The van der Waals surface area contributed by atoms with E-state index in [-0.39, 0.29) is 37.2 Å². The number of ketones is 1. The molecule has 0 unspecified atom stereocenters. The molecular weight excluding hydrogens is 613 g/mol. The number of hydrogen-bond donors (Lipinski definition) is 1. The van der Waals surface area contributed by atoms with E-state index in [1.807, 2.05) is 24.3 Å². The summed E-state index contributed by atoms with van der Waals surface area (Å²) in [4.78, 5) is 14.5. The van der Waals surface area contributed by atoms with E-state index >= 15 is 0 Å². The summed E-state index contributed by atoms with van der Waals surface area (Å²) in [6.07, 6.45) is 0.350. The Hall–Kier alpha value is -2.95. The van der Waals surface area contributed by atoms with Gasteiger partial charge in [-0.25, -0.2) is 8.78 Å². The second kappa shape index (κ2) is 12.0. The Bertz CT molecular complexity index is 1330. The van der Waals surface area contributed by atoms with E-state index in [4.69, 9.17) is 5.11 Å². The number of allylic oxidation sites excluding steroid dienone is 2. The van der Waals surface area contributed by atoms with Gasteiger partial charge in [0.25, 0.3) is 6.43 Å². The number of aliphatic hydroxyl groups excluding tert-OH is 1. The number of aliphatic hydroxyl groups is 1. The van der Waals surface area contributed by atoms with Gasteiger partial charge in [-0.15, -0.1) is 23.6 Å². The first kappa shape index (κ1) is 27.3. The molecule has 1 N–H and O–H groups in total. The average Bonchev–Trinajstić information content (AvgIpc) is 2.76. The molecule has 1 heterocycles. The molecule has 4 aromatic rings. The van der Waals surface area contributed by atoms with Gasteiger partial charge in [-0.1, -0.05) is 61.2 Å². The third kappa shape index (κ3) is 6.55. The molecule has 0 aliphatic rings. The summed E-state index contributed by atoms with van der Waals surface area (Å²) in [5.41, 5.74) is 2.55. The molecule has 0 spiro atoms. The third-order valence-electron chi connectivity index (χ3n) is 5.16. The second-order valence-corrected chi connectivity index (χ2v) is 8.18. The predicted octanol–water partition coefficient (Wildman–Crippen LogP) is 7.95. The summed E-state index contributed by atoms with van der Waals surface area (Å²) in [6.45, 7) is 7.14. The van der Waals surface area contributed by atoms with E-state index in [1.54, 1.807) is 18.3 Å². The Balaban J connectivity index is 0.000000449. The van der Waals surface area contributed by atoms with Gasteiger partial charge < -0.3 is 5.11 Å². The van der Waals surface area contributed by atoms with Crippen LogP contribution >= 0.6 is 0 Å². The monoisotopic (exact) mass is 639 g/mol. The molecule has 0 fully saturated rings. The number of aromatic nitrogens is 1. The van der Waals surface area contributed by atoms with Crippen LogP contribution in [0.15, 0.2) is 72.6 Å². The van der Waals surface area contributed by atoms with Crippen LogP contribution in [-0.4, -0.2) is 15.9 Å². The number of halogens is 2. The Labute approximate surface area is 211 Å². The maximum absolute atomic E-state index is 13.6. The van der Waals surface area contributed by atoms with E-state index in [0.29, 0.717) is 27.9 Å². The van der Waals surface area contributed by atoms with Crippen LogP contribution in [0.5, 0.6) is 0 Å². The zero-order valence-corrected chi connectivity index (χ0v) is 21.8. The van der Waals surface area contributed by atoms with Crippen LogP contribution in [0.3, 0.4) is 0 Å². The maximum atomic E-state index is 13.6. The van der Waals surface area contributed by atoms with E-state index in [2.05, 4.69) is 37.0 Å². The van der Waals surface area contributed by atoms with Gasteiger partial charge in [0.1, 0.15) is 0 Å². The van der Waals surface area contributed by atoms with Crippen molar-refractivity contribution in [1.29, 1.82) is 0 Å². The fourth-order valence-corrected chi connectivity index (χ4v) is 3.63. The number of rotatable bonds is 4. The van der Waals surface area contributed by atoms with Crippen molar-refractivity contribution >= 4 is 27.3 Å². The molecule has 0 atom stereocenters. The van der Waals surface area contributed by atoms with Gasteiger partial charge >= 0.3 is 0 Å². The van der Waals surface area contributed by atoms with Gasteiger partial charge in [-0.3, -0.25) is 9.78 Å². The number of alkyl halides is 2. The summed E-state index contributed by atoms with van der Waals surface area (Å²) >= 11 is 0. The molecule has 3 aromatic carbocycles. The van der Waals surface area contributed by atoms with Crippen LogP contribution in [0.2, 0.25) is 0 Å². The molecule has 1 aromatic heterocycles. The van der Waals surface area contributed by atoms with Crippen molar-refractivity contribution in [1.82, 2.24) is 4.98 Å². The first-order valence-electron chi connectivity index (χ1n) is 10.7. The summed E-state index contributed by atoms with van der Waals surface area (Å²) < 4.78 is 27.2. The molecule has 3 nitrogen and oxygen atoms in total. The number of nitrogens with zero attached hydrogens (tertiary/aromatic N) is 1. The van der Waals surface area contributed by atoms with Crippen LogP contribution in [0.4, 0.5) is 8.78 Å². The number of fused-ring (bicyclic) bond motifs is 2. The Kier molecular flexibility index (Phi) is 9.60. The molecule has 0 saturated carbocycles. The molecule has 0 aliphatic carbocycles. The van der Waals surface area contributed by atoms with Crippen molar-refractivity contribution in [3.63, 3.8) is 0 Å². The van der Waals surface area contributed by atoms with Crippen molar-refractivity contribution in [3.8, 4) is 11.3 Å². The topological polar surface area (TPSA) is 50.2 Å². The Morgan fingerprint density at radius 1 is 1.03 bits per heavy atom. The summed E-state index contributed by atoms with van der Waals surface area (Å²) in [6, 6.07) is 20.1. The minimum Gasteiger partial charge on any atom is -0.512 e. The standard InChI is InChI=1S/C23H18F2N.C5H8O2.Ir/c1-14(2)15-7-8-20-17(11-15)9-10-26-22(20)18-12-16-5-3-4-6-19(16)21(13-18)23(24)25;1-4(6)3-5(2)7;/h3-11,13-14,23H,1-2H3;3,6H,1-2H3;/q-1;;/b;4-3-;. The van der Waals surface area contributed by atoms with Crippen molar-refractivity contribution in [2.45, 2.75) is 40.0 Å². The van der Waals surface area contributed by atoms with Gasteiger partial charge in [0.15, 0.2) is 5.78 Å². The zero-order valence-electron chi connectivity index (χ0n) is 19.4. The normalized spacial score (nSPS) is 11.4. The molecular formula is C28H26F2IrNO2-. The molecule has 6 heteroatoms. The summed E-state index contributed by atoms with van der Waals surface area (Å²) in [5.74, 6) is 0.362. The van der Waals surface area contributed by atoms with E-state index in [0.717, 1.165) is 10.8 Å². The molecule has 0 aliphatic heterocycles. The van der Waals surface area contributed by atoms with Gasteiger partial charge in [-0.2, -0.15) is 0 Å². The smallest absolute Gasteiger partial charge is 0.251 e. The van der Waals surface area contributed by atoms with Gasteiger partial charge in [0, 0.05) is 38.1 Å². The molecule has 4 rings (SSSR count). The summed E-state index contributed by atoms with van der Waals surface area (Å²) in [7, 11) is 0. The van der Waals surface area contributed by atoms with E-state index in [1.165, 1.54) is 31.6 Å². The first-order valence-corrected chi connectivity index (χ1v) is 10.7. The number of carbonyl (C=O) groups is 1. The summed E-state index contributed by atoms with van der Waals surface area (Å²) in [5, 5.41) is 11.6. The number of carbonyl (C=O) groups excluding carboxylic acids is 1. The van der Waals surface area contributed by atoms with Crippen molar-refractivity contribution in [2.75, 3.05) is 0 Å². The fourth-order valence-electron chi connectivity index (χ4n) is 3.63.